The summed E-state index contributed by atoms with van der Waals surface area (Å²) in [7, 11) is 0. The van der Waals surface area contributed by atoms with Crippen molar-refractivity contribution in [1.29, 1.82) is 0 Å². The minimum absolute atomic E-state index is 0.00561. The first-order valence-electron chi connectivity index (χ1n) is 5.70. The summed E-state index contributed by atoms with van der Waals surface area (Å²) in [6.45, 7) is 0.702. The number of hydrogen-bond donors (Lipinski definition) is 1. The molecule has 1 atom stereocenters. The van der Waals surface area contributed by atoms with Crippen molar-refractivity contribution in [1.82, 2.24) is 0 Å². The lowest BCUT2D eigenvalue weighted by Gasteiger charge is -2.20. The molecule has 1 aliphatic heterocycles. The summed E-state index contributed by atoms with van der Waals surface area (Å²) in [6.07, 6.45) is -4.15. The zero-order valence-electron chi connectivity index (χ0n) is 9.88. The molecule has 1 unspecified atom stereocenters. The van der Waals surface area contributed by atoms with E-state index in [-0.39, 0.29) is 23.9 Å². The number of hydrogen-bond acceptors (Lipinski definition) is 2. The van der Waals surface area contributed by atoms with Gasteiger partial charge in [-0.15, -0.1) is 0 Å². The van der Waals surface area contributed by atoms with E-state index in [9.17, 15) is 18.0 Å². The van der Waals surface area contributed by atoms with Gasteiger partial charge in [0, 0.05) is 17.4 Å². The van der Waals surface area contributed by atoms with Crippen LogP contribution in [0.15, 0.2) is 22.7 Å². The standard InChI is InChI=1S/C12H12BrF3N2O/c13-9-2-1-8(12(14,15)16)4-10(9)18-6-7(5-17)3-11(18)19/h1-2,4,7H,3,5-6,17H2. The van der Waals surface area contributed by atoms with E-state index in [0.29, 0.717) is 17.6 Å². The van der Waals surface area contributed by atoms with Crippen LogP contribution in [0.5, 0.6) is 0 Å². The van der Waals surface area contributed by atoms with Gasteiger partial charge >= 0.3 is 6.18 Å². The lowest BCUT2D eigenvalue weighted by molar-refractivity contribution is -0.137. The molecule has 19 heavy (non-hydrogen) atoms. The van der Waals surface area contributed by atoms with E-state index in [0.717, 1.165) is 12.1 Å². The number of benzene rings is 1. The van der Waals surface area contributed by atoms with Gasteiger partial charge in [-0.1, -0.05) is 0 Å². The molecule has 0 bridgehead atoms. The van der Waals surface area contributed by atoms with Gasteiger partial charge in [-0.2, -0.15) is 13.2 Å². The van der Waals surface area contributed by atoms with Gasteiger partial charge < -0.3 is 10.6 Å². The van der Waals surface area contributed by atoms with Crippen LogP contribution in [0.4, 0.5) is 18.9 Å². The Morgan fingerprint density at radius 1 is 1.42 bits per heavy atom. The van der Waals surface area contributed by atoms with Gasteiger partial charge in [-0.25, -0.2) is 0 Å². The second kappa shape index (κ2) is 5.13. The first kappa shape index (κ1) is 14.3. The lowest BCUT2D eigenvalue weighted by Crippen LogP contribution is -2.26. The Labute approximate surface area is 116 Å². The monoisotopic (exact) mass is 336 g/mol. The number of rotatable bonds is 2. The lowest BCUT2D eigenvalue weighted by atomic mass is 10.1. The van der Waals surface area contributed by atoms with Gasteiger partial charge in [0.05, 0.1) is 11.3 Å². The Morgan fingerprint density at radius 2 is 2.11 bits per heavy atom. The summed E-state index contributed by atoms with van der Waals surface area (Å²) in [4.78, 5) is 13.2. The zero-order valence-corrected chi connectivity index (χ0v) is 11.5. The summed E-state index contributed by atoms with van der Waals surface area (Å²) in [5.41, 5.74) is 4.98. The van der Waals surface area contributed by atoms with Crippen LogP contribution < -0.4 is 10.6 Å². The fraction of sp³-hybridized carbons (Fsp3) is 0.417. The van der Waals surface area contributed by atoms with Crippen LogP contribution in [-0.2, 0) is 11.0 Å². The van der Waals surface area contributed by atoms with Gasteiger partial charge in [0.15, 0.2) is 0 Å². The fourth-order valence-electron chi connectivity index (χ4n) is 2.07. The molecule has 1 aromatic rings. The van der Waals surface area contributed by atoms with Gasteiger partial charge in [0.2, 0.25) is 5.91 Å². The van der Waals surface area contributed by atoms with Crippen LogP contribution in [0.25, 0.3) is 0 Å². The first-order chi connectivity index (χ1) is 8.82. The van der Waals surface area contributed by atoms with Crippen LogP contribution in [0.1, 0.15) is 12.0 Å². The Kier molecular flexibility index (Phi) is 3.87. The van der Waals surface area contributed by atoms with Gasteiger partial charge in [-0.05, 0) is 46.6 Å². The van der Waals surface area contributed by atoms with Crippen molar-refractivity contribution in [2.24, 2.45) is 11.7 Å². The van der Waals surface area contributed by atoms with Crippen molar-refractivity contribution in [2.45, 2.75) is 12.6 Å². The zero-order chi connectivity index (χ0) is 14.2. The number of anilines is 1. The number of alkyl halides is 3. The third kappa shape index (κ3) is 2.92. The van der Waals surface area contributed by atoms with Crippen molar-refractivity contribution in [2.75, 3.05) is 18.0 Å². The number of amides is 1. The molecule has 0 saturated carbocycles. The maximum Gasteiger partial charge on any atom is 0.416 e. The molecule has 7 heteroatoms. The van der Waals surface area contributed by atoms with Gasteiger partial charge in [0.1, 0.15) is 0 Å². The minimum Gasteiger partial charge on any atom is -0.330 e. The summed E-state index contributed by atoms with van der Waals surface area (Å²) in [5.74, 6) is -0.204. The molecule has 3 nitrogen and oxygen atoms in total. The Hall–Kier alpha value is -1.08. The Bertz CT molecular complexity index is 504. The van der Waals surface area contributed by atoms with Crippen molar-refractivity contribution >= 4 is 27.5 Å². The van der Waals surface area contributed by atoms with Crippen LogP contribution in [0.2, 0.25) is 0 Å². The van der Waals surface area contributed by atoms with Crippen molar-refractivity contribution < 1.29 is 18.0 Å². The minimum atomic E-state index is -4.43. The van der Waals surface area contributed by atoms with Crippen LogP contribution in [-0.4, -0.2) is 19.0 Å². The summed E-state index contributed by atoms with van der Waals surface area (Å²) < 4.78 is 38.5. The van der Waals surface area contributed by atoms with Crippen molar-refractivity contribution in [3.05, 3.63) is 28.2 Å². The fourth-order valence-corrected chi connectivity index (χ4v) is 2.53. The smallest absolute Gasteiger partial charge is 0.330 e. The third-order valence-corrected chi connectivity index (χ3v) is 3.77. The molecule has 1 saturated heterocycles. The number of carbonyl (C=O) groups excluding carboxylic acids is 1. The molecule has 1 amide bonds. The number of carbonyl (C=O) groups is 1. The van der Waals surface area contributed by atoms with E-state index in [1.54, 1.807) is 0 Å². The molecule has 1 aliphatic rings. The normalized spacial score (nSPS) is 20.2. The van der Waals surface area contributed by atoms with Crippen molar-refractivity contribution in [3.8, 4) is 0 Å². The van der Waals surface area contributed by atoms with Crippen molar-refractivity contribution in [3.63, 3.8) is 0 Å². The highest BCUT2D eigenvalue weighted by molar-refractivity contribution is 9.10. The maximum atomic E-state index is 12.7. The summed E-state index contributed by atoms with van der Waals surface area (Å²) >= 11 is 3.18. The molecular formula is C12H12BrF3N2O. The molecule has 1 heterocycles. The van der Waals surface area contributed by atoms with E-state index < -0.39 is 11.7 Å². The highest BCUT2D eigenvalue weighted by Gasteiger charge is 2.34. The largest absolute Gasteiger partial charge is 0.416 e. The first-order valence-corrected chi connectivity index (χ1v) is 6.49. The van der Waals surface area contributed by atoms with Crippen LogP contribution in [0, 0.1) is 5.92 Å². The molecule has 0 aromatic heterocycles. The third-order valence-electron chi connectivity index (χ3n) is 3.10. The highest BCUT2D eigenvalue weighted by atomic mass is 79.9. The summed E-state index contributed by atoms with van der Waals surface area (Å²) in [6, 6.07) is 3.27. The molecule has 2 rings (SSSR count). The number of nitrogens with two attached hydrogens (primary N) is 1. The molecule has 0 aliphatic carbocycles. The van der Waals surface area contributed by atoms with Crippen LogP contribution in [0.3, 0.4) is 0 Å². The average Bonchev–Trinajstić information content (AvgIpc) is 2.69. The molecule has 0 spiro atoms. The molecule has 0 radical (unpaired) electrons. The van der Waals surface area contributed by atoms with E-state index in [1.165, 1.54) is 11.0 Å². The van der Waals surface area contributed by atoms with Gasteiger partial charge in [-0.3, -0.25) is 4.79 Å². The highest BCUT2D eigenvalue weighted by Crippen LogP contribution is 2.37. The van der Waals surface area contributed by atoms with E-state index >= 15 is 0 Å². The summed E-state index contributed by atoms with van der Waals surface area (Å²) in [5, 5.41) is 0. The SMILES string of the molecule is NCC1CC(=O)N(c2cc(C(F)(F)F)ccc2Br)C1. The van der Waals surface area contributed by atoms with E-state index in [2.05, 4.69) is 15.9 Å². The molecule has 104 valence electrons. The molecule has 1 fully saturated rings. The quantitative estimate of drug-likeness (QED) is 0.902. The topological polar surface area (TPSA) is 46.3 Å². The molecule has 2 N–H and O–H groups in total. The van der Waals surface area contributed by atoms with Gasteiger partial charge in [0.25, 0.3) is 0 Å². The predicted molar refractivity (Wildman–Crippen MR) is 68.7 cm³/mol. The number of nitrogens with zero attached hydrogens (tertiary/aromatic N) is 1. The average molecular weight is 337 g/mol. The van der Waals surface area contributed by atoms with E-state index in [4.69, 9.17) is 5.73 Å². The van der Waals surface area contributed by atoms with Crippen LogP contribution >= 0.6 is 15.9 Å². The predicted octanol–water partition coefficient (Wildman–Crippen LogP) is 2.78. The molecular weight excluding hydrogens is 325 g/mol. The maximum absolute atomic E-state index is 12.7. The molecule has 1 aromatic carbocycles. The second-order valence-electron chi connectivity index (χ2n) is 4.47. The second-order valence-corrected chi connectivity index (χ2v) is 5.33. The Morgan fingerprint density at radius 3 is 2.63 bits per heavy atom. The Balaban J connectivity index is 2.37. The van der Waals surface area contributed by atoms with E-state index in [1.807, 2.05) is 0 Å². The number of halogens is 4.